The summed E-state index contributed by atoms with van der Waals surface area (Å²) >= 11 is 6.20. The smallest absolute Gasteiger partial charge is 0.354 e. The molecular weight excluding hydrogens is 495 g/mol. The van der Waals surface area contributed by atoms with Crippen molar-refractivity contribution >= 4 is 28.6 Å². The average Bonchev–Trinajstić information content (AvgIpc) is 3.26. The minimum absolute atomic E-state index is 0.0382. The fourth-order valence-electron chi connectivity index (χ4n) is 4.16. The minimum Gasteiger partial charge on any atom is -0.370 e. The number of hydrogen-bond acceptors (Lipinski definition) is 5. The lowest BCUT2D eigenvalue weighted by molar-refractivity contribution is 0.618. The number of H-pyrrole nitrogens is 1. The molecule has 0 saturated carbocycles. The Hall–Kier alpha value is -3.73. The van der Waals surface area contributed by atoms with E-state index in [1.54, 1.807) is 48.7 Å². The predicted molar refractivity (Wildman–Crippen MR) is 146 cm³/mol. The molecular formula is C26H30ClFN8O. The standard InChI is InChI=1S/C26H30ClFN8O/c1-14(29)3-2-4-15-9-19(23(28)20(27)10-15)22-11-17-13-36(26(37)35-24(17)34-22)18-7-5-16(6-8-18)21(30)12-33-25(31)32/h5-11,13-14,21H,2-4,12,29-30H2,1H3,(H4,31,32,33)(H,34,35,37)/t14-,21?/m0/s1. The third-order valence-corrected chi connectivity index (χ3v) is 6.40. The Morgan fingerprint density at radius 3 is 2.65 bits per heavy atom. The van der Waals surface area contributed by atoms with Gasteiger partial charge in [0.2, 0.25) is 0 Å². The topological polar surface area (TPSA) is 165 Å². The number of nitrogens with two attached hydrogens (primary N) is 3. The summed E-state index contributed by atoms with van der Waals surface area (Å²) in [4.78, 5) is 20.0. The highest BCUT2D eigenvalue weighted by atomic mass is 35.5. The van der Waals surface area contributed by atoms with Crippen molar-refractivity contribution in [3.8, 4) is 16.9 Å². The van der Waals surface area contributed by atoms with Crippen molar-refractivity contribution in [2.45, 2.75) is 38.3 Å². The number of hydrogen-bond donors (Lipinski definition) is 6. The Morgan fingerprint density at radius 1 is 1.24 bits per heavy atom. The zero-order valence-electron chi connectivity index (χ0n) is 20.4. The molecule has 2 aromatic carbocycles. The Morgan fingerprint density at radius 2 is 1.97 bits per heavy atom. The van der Waals surface area contributed by atoms with E-state index in [2.05, 4.69) is 15.3 Å². The second-order valence-corrected chi connectivity index (χ2v) is 9.59. The van der Waals surface area contributed by atoms with E-state index >= 15 is 0 Å². The van der Waals surface area contributed by atoms with Crippen LogP contribution in [0.2, 0.25) is 5.02 Å². The monoisotopic (exact) mass is 524 g/mol. The second-order valence-electron chi connectivity index (χ2n) is 9.18. The van der Waals surface area contributed by atoms with Crippen LogP contribution in [0.5, 0.6) is 0 Å². The lowest BCUT2D eigenvalue weighted by Crippen LogP contribution is -2.36. The Labute approximate surface area is 218 Å². The van der Waals surface area contributed by atoms with Crippen LogP contribution in [0.1, 0.15) is 36.9 Å². The first-order valence-corrected chi connectivity index (χ1v) is 12.3. The van der Waals surface area contributed by atoms with Gasteiger partial charge < -0.3 is 27.5 Å². The van der Waals surface area contributed by atoms with E-state index in [0.717, 1.165) is 30.4 Å². The number of fused-ring (bicyclic) bond motifs is 1. The number of benzene rings is 2. The van der Waals surface area contributed by atoms with Crippen LogP contribution < -0.4 is 28.2 Å². The third kappa shape index (κ3) is 6.16. The molecule has 9 N–H and O–H groups in total. The maximum absolute atomic E-state index is 15.0. The van der Waals surface area contributed by atoms with E-state index in [0.29, 0.717) is 34.5 Å². The fraction of sp³-hybridized carbons (Fsp3) is 0.269. The number of nitrogens with zero attached hydrogens (tertiary/aromatic N) is 2. The lowest BCUT2D eigenvalue weighted by Gasteiger charge is -2.14. The summed E-state index contributed by atoms with van der Waals surface area (Å²) in [5, 5.41) is 10.6. The maximum atomic E-state index is 15.0. The number of aromatic amines is 1. The van der Waals surface area contributed by atoms with Gasteiger partial charge in [0.25, 0.3) is 0 Å². The van der Waals surface area contributed by atoms with E-state index in [4.69, 9.17) is 34.2 Å². The van der Waals surface area contributed by atoms with Gasteiger partial charge in [0.1, 0.15) is 5.65 Å². The van der Waals surface area contributed by atoms with Gasteiger partial charge in [-0.15, -0.1) is 0 Å². The molecule has 0 aliphatic heterocycles. The molecule has 9 nitrogen and oxygen atoms in total. The molecule has 4 rings (SSSR count). The minimum atomic E-state index is -0.537. The molecule has 0 aliphatic rings. The molecule has 0 spiro atoms. The Kier molecular flexibility index (Phi) is 7.91. The van der Waals surface area contributed by atoms with Gasteiger partial charge in [-0.2, -0.15) is 4.98 Å². The van der Waals surface area contributed by atoms with Crippen molar-refractivity contribution in [2.24, 2.45) is 17.2 Å². The molecule has 194 valence electrons. The number of rotatable bonds is 9. The summed E-state index contributed by atoms with van der Waals surface area (Å²) in [6.07, 6.45) is 4.10. The van der Waals surface area contributed by atoms with Crippen LogP contribution in [-0.2, 0) is 6.42 Å². The van der Waals surface area contributed by atoms with Crippen LogP contribution in [0.3, 0.4) is 0 Å². The predicted octanol–water partition coefficient (Wildman–Crippen LogP) is 3.33. The molecule has 0 radical (unpaired) electrons. The van der Waals surface area contributed by atoms with Gasteiger partial charge in [0.05, 0.1) is 16.4 Å². The summed E-state index contributed by atoms with van der Waals surface area (Å²) in [5.74, 6) is -0.690. The molecule has 0 saturated heterocycles. The van der Waals surface area contributed by atoms with Gasteiger partial charge in [-0.05, 0) is 67.6 Å². The molecule has 0 aliphatic carbocycles. The first-order chi connectivity index (χ1) is 17.6. The normalized spacial score (nSPS) is 13.0. The molecule has 11 heteroatoms. The zero-order chi connectivity index (χ0) is 26.7. The first-order valence-electron chi connectivity index (χ1n) is 11.9. The molecule has 4 aromatic rings. The van der Waals surface area contributed by atoms with Crippen molar-refractivity contribution in [2.75, 3.05) is 6.54 Å². The van der Waals surface area contributed by atoms with Crippen molar-refractivity contribution in [1.82, 2.24) is 19.9 Å². The van der Waals surface area contributed by atoms with E-state index < -0.39 is 11.5 Å². The molecule has 2 atom stereocenters. The van der Waals surface area contributed by atoms with Crippen LogP contribution in [0.4, 0.5) is 4.39 Å². The summed E-state index contributed by atoms with van der Waals surface area (Å²) in [7, 11) is 0. The molecule has 2 heterocycles. The van der Waals surface area contributed by atoms with Crippen molar-refractivity contribution < 1.29 is 4.39 Å². The van der Waals surface area contributed by atoms with E-state index in [1.165, 1.54) is 4.57 Å². The number of halogens is 2. The highest BCUT2D eigenvalue weighted by Gasteiger charge is 2.16. The van der Waals surface area contributed by atoms with E-state index in [-0.39, 0.29) is 23.1 Å². The van der Waals surface area contributed by atoms with Crippen LogP contribution in [0, 0.1) is 11.2 Å². The third-order valence-electron chi connectivity index (χ3n) is 6.12. The summed E-state index contributed by atoms with van der Waals surface area (Å²) in [6, 6.07) is 12.0. The first kappa shape index (κ1) is 26.3. The second kappa shape index (κ2) is 11.1. The van der Waals surface area contributed by atoms with Crippen molar-refractivity contribution in [1.29, 1.82) is 5.41 Å². The summed E-state index contributed by atoms with van der Waals surface area (Å²) < 4.78 is 16.4. The van der Waals surface area contributed by atoms with Gasteiger partial charge in [-0.1, -0.05) is 23.7 Å². The van der Waals surface area contributed by atoms with Gasteiger partial charge in [0.15, 0.2) is 11.8 Å². The molecule has 0 bridgehead atoms. The van der Waals surface area contributed by atoms with Crippen molar-refractivity contribution in [3.05, 3.63) is 81.1 Å². The highest BCUT2D eigenvalue weighted by Crippen LogP contribution is 2.31. The van der Waals surface area contributed by atoms with Crippen LogP contribution in [-0.4, -0.2) is 33.1 Å². The summed E-state index contributed by atoms with van der Waals surface area (Å²) in [6.45, 7) is 2.26. The quantitative estimate of drug-likeness (QED) is 0.145. The number of aromatic nitrogens is 3. The van der Waals surface area contributed by atoms with Gasteiger partial charge in [0, 0.05) is 35.8 Å². The highest BCUT2D eigenvalue weighted by molar-refractivity contribution is 6.31. The average molecular weight is 525 g/mol. The van der Waals surface area contributed by atoms with E-state index in [1.807, 2.05) is 6.92 Å². The van der Waals surface area contributed by atoms with Crippen molar-refractivity contribution in [3.63, 3.8) is 0 Å². The number of aryl methyl sites for hydroxylation is 1. The van der Waals surface area contributed by atoms with Gasteiger partial charge >= 0.3 is 5.69 Å². The van der Waals surface area contributed by atoms with Crippen LogP contribution in [0.15, 0.2) is 53.5 Å². The van der Waals surface area contributed by atoms with E-state index in [9.17, 15) is 9.18 Å². The maximum Gasteiger partial charge on any atom is 0.354 e. The largest absolute Gasteiger partial charge is 0.370 e. The van der Waals surface area contributed by atoms with Crippen LogP contribution >= 0.6 is 11.6 Å². The molecule has 0 amide bonds. The summed E-state index contributed by atoms with van der Waals surface area (Å²) in [5.41, 5.74) is 20.3. The molecule has 0 fully saturated rings. The molecule has 1 unspecified atom stereocenters. The molecule has 37 heavy (non-hydrogen) atoms. The lowest BCUT2D eigenvalue weighted by atomic mass is 10.0. The zero-order valence-corrected chi connectivity index (χ0v) is 21.1. The fourth-order valence-corrected chi connectivity index (χ4v) is 4.40. The number of nitrogens with one attached hydrogen (secondary N) is 3. The van der Waals surface area contributed by atoms with Gasteiger partial charge in [-0.25, -0.2) is 9.18 Å². The van der Waals surface area contributed by atoms with Gasteiger partial charge in [-0.3, -0.25) is 9.98 Å². The number of guanidine groups is 1. The Bertz CT molecular complexity index is 1480. The Balaban J connectivity index is 1.63. The molecule has 2 aromatic heterocycles. The SMILES string of the molecule is C[C@H](N)CCCc1cc(Cl)c(F)c(-c2cc3cn(-c4ccc(C(N)CNC(=N)N)cc4)c(=O)nc3[nH]2)c1. The van der Waals surface area contributed by atoms with Crippen LogP contribution in [0.25, 0.3) is 28.0 Å².